The second-order valence-electron chi connectivity index (χ2n) is 3.97. The zero-order chi connectivity index (χ0) is 15.0. The number of rotatable bonds is 7. The van der Waals surface area contributed by atoms with Crippen molar-refractivity contribution < 1.29 is 29.0 Å². The molecule has 2 atom stereocenters. The van der Waals surface area contributed by atoms with Crippen LogP contribution in [0.25, 0.3) is 0 Å². The lowest BCUT2D eigenvalue weighted by molar-refractivity contribution is -0.162. The van der Waals surface area contributed by atoms with Crippen molar-refractivity contribution in [1.82, 2.24) is 5.32 Å². The number of aliphatic carboxylic acids is 1. The van der Waals surface area contributed by atoms with Crippen molar-refractivity contribution in [2.75, 3.05) is 6.54 Å². The Morgan fingerprint density at radius 3 is 2.21 bits per heavy atom. The minimum atomic E-state index is -1.02. The fraction of sp³-hybridized carbons (Fsp3) is 0.727. The van der Waals surface area contributed by atoms with Gasteiger partial charge in [-0.05, 0) is 5.25 Å². The second-order valence-corrected chi connectivity index (χ2v) is 5.76. The van der Waals surface area contributed by atoms with Gasteiger partial charge < -0.3 is 19.9 Å². The number of thioether (sulfide) groups is 1. The molecule has 8 heteroatoms. The summed E-state index contributed by atoms with van der Waals surface area (Å²) >= 11 is 1.22. The second kappa shape index (κ2) is 8.63. The van der Waals surface area contributed by atoms with Crippen molar-refractivity contribution in [3.63, 3.8) is 0 Å². The number of alkyl carbamates (subject to hydrolysis) is 1. The van der Waals surface area contributed by atoms with E-state index in [4.69, 9.17) is 9.84 Å². The number of carbonyl (C=O) groups excluding carboxylic acids is 2. The van der Waals surface area contributed by atoms with Gasteiger partial charge in [-0.3, -0.25) is 9.59 Å². The normalized spacial score (nSPS) is 13.5. The summed E-state index contributed by atoms with van der Waals surface area (Å²) in [5, 5.41) is 10.6. The molecular weight excluding hydrogens is 274 g/mol. The summed E-state index contributed by atoms with van der Waals surface area (Å²) in [5.41, 5.74) is 0. The molecule has 1 amide bonds. The third-order valence-electron chi connectivity index (χ3n) is 1.75. The van der Waals surface area contributed by atoms with Crippen LogP contribution in [0, 0.1) is 0 Å². The number of hydrogen-bond donors (Lipinski definition) is 2. The number of carboxylic acid groups (broad SMARTS) is 1. The summed E-state index contributed by atoms with van der Waals surface area (Å²) in [4.78, 5) is 32.9. The van der Waals surface area contributed by atoms with Crippen molar-refractivity contribution in [2.45, 2.75) is 44.5 Å². The minimum Gasteiger partial charge on any atom is -0.480 e. The highest BCUT2D eigenvalue weighted by Crippen LogP contribution is 2.16. The molecule has 0 spiro atoms. The topological polar surface area (TPSA) is 102 Å². The van der Waals surface area contributed by atoms with Crippen molar-refractivity contribution in [3.05, 3.63) is 0 Å². The molecule has 0 radical (unpaired) electrons. The van der Waals surface area contributed by atoms with Crippen LogP contribution in [0.4, 0.5) is 4.79 Å². The minimum absolute atomic E-state index is 0.0657. The van der Waals surface area contributed by atoms with Gasteiger partial charge in [0.05, 0.1) is 0 Å². The zero-order valence-corrected chi connectivity index (χ0v) is 12.2. The van der Waals surface area contributed by atoms with Crippen LogP contribution >= 0.6 is 11.8 Å². The number of carbonyl (C=O) groups is 3. The summed E-state index contributed by atoms with van der Waals surface area (Å²) in [6.07, 6.45) is -1.84. The summed E-state index contributed by atoms with van der Waals surface area (Å²) in [5.74, 6) is -1.58. The van der Waals surface area contributed by atoms with Gasteiger partial charge in [0, 0.05) is 20.4 Å². The Kier molecular flexibility index (Phi) is 7.97. The van der Waals surface area contributed by atoms with Crippen LogP contribution in [-0.2, 0) is 19.1 Å². The van der Waals surface area contributed by atoms with Crippen LogP contribution < -0.4 is 5.32 Å². The highest BCUT2D eigenvalue weighted by atomic mass is 32.2. The number of nitrogens with one attached hydrogen (secondary N) is 1. The first-order valence-electron chi connectivity index (χ1n) is 5.72. The van der Waals surface area contributed by atoms with E-state index in [9.17, 15) is 14.4 Å². The van der Waals surface area contributed by atoms with Gasteiger partial charge in [0.2, 0.25) is 6.29 Å². The maximum absolute atomic E-state index is 11.3. The molecule has 110 valence electrons. The highest BCUT2D eigenvalue weighted by Gasteiger charge is 2.21. The Balaban J connectivity index is 4.11. The number of ether oxygens (including phenoxy) is 2. The molecule has 0 aromatic rings. The van der Waals surface area contributed by atoms with Crippen LogP contribution in [0.5, 0.6) is 0 Å². The van der Waals surface area contributed by atoms with E-state index in [1.54, 1.807) is 0 Å². The van der Waals surface area contributed by atoms with Gasteiger partial charge >= 0.3 is 18.0 Å². The van der Waals surface area contributed by atoms with Crippen molar-refractivity contribution in [1.29, 1.82) is 0 Å². The van der Waals surface area contributed by atoms with Gasteiger partial charge in [-0.2, -0.15) is 0 Å². The molecule has 0 aromatic heterocycles. The third kappa shape index (κ3) is 9.18. The van der Waals surface area contributed by atoms with E-state index in [1.807, 2.05) is 13.8 Å². The first kappa shape index (κ1) is 17.6. The Hall–Kier alpha value is -1.44. The summed E-state index contributed by atoms with van der Waals surface area (Å²) < 4.78 is 9.30. The Morgan fingerprint density at radius 2 is 1.79 bits per heavy atom. The fourth-order valence-electron chi connectivity index (χ4n) is 1.15. The number of carboxylic acids is 1. The molecule has 7 nitrogen and oxygen atoms in total. The van der Waals surface area contributed by atoms with Crippen LogP contribution in [0.1, 0.15) is 27.7 Å². The number of esters is 1. The maximum atomic E-state index is 11.3. The molecular formula is C11H19NO6S. The predicted molar refractivity (Wildman–Crippen MR) is 69.9 cm³/mol. The first-order valence-corrected chi connectivity index (χ1v) is 6.66. The molecule has 0 aromatic carbocycles. The molecule has 0 aliphatic carbocycles. The van der Waals surface area contributed by atoms with E-state index < -0.39 is 29.6 Å². The van der Waals surface area contributed by atoms with Gasteiger partial charge in [-0.1, -0.05) is 13.8 Å². The van der Waals surface area contributed by atoms with Crippen molar-refractivity contribution in [2.24, 2.45) is 0 Å². The van der Waals surface area contributed by atoms with Crippen molar-refractivity contribution in [3.8, 4) is 0 Å². The third-order valence-corrected chi connectivity index (χ3v) is 2.99. The summed E-state index contributed by atoms with van der Waals surface area (Å²) in [6.45, 7) is 6.24. The SMILES string of the molecule is CC(=O)O[C@H](C)OC(=O)NC[C@H](SC(C)C)C(=O)O. The number of amides is 1. The standard InChI is InChI=1S/C11H19NO6S/c1-6(2)19-9(10(14)15)5-12-11(16)18-8(4)17-7(3)13/h6,8-9H,5H2,1-4H3,(H,12,16)(H,14,15)/t8-,9-/m0/s1. The highest BCUT2D eigenvalue weighted by molar-refractivity contribution is 8.01. The summed E-state index contributed by atoms with van der Waals surface area (Å²) in [7, 11) is 0. The largest absolute Gasteiger partial charge is 0.480 e. The molecule has 0 aliphatic heterocycles. The van der Waals surface area contributed by atoms with E-state index in [1.165, 1.54) is 25.6 Å². The van der Waals surface area contributed by atoms with E-state index in [0.717, 1.165) is 0 Å². The van der Waals surface area contributed by atoms with E-state index in [2.05, 4.69) is 10.1 Å². The molecule has 0 saturated carbocycles. The average Bonchev–Trinajstić information content (AvgIpc) is 2.21. The lowest BCUT2D eigenvalue weighted by Gasteiger charge is -2.17. The quantitative estimate of drug-likeness (QED) is 0.537. The van der Waals surface area contributed by atoms with Crippen LogP contribution in [-0.4, -0.2) is 46.5 Å². The maximum Gasteiger partial charge on any atom is 0.410 e. The van der Waals surface area contributed by atoms with Gasteiger partial charge in [-0.25, -0.2) is 4.79 Å². The van der Waals surface area contributed by atoms with E-state index in [-0.39, 0.29) is 11.8 Å². The predicted octanol–water partition coefficient (Wildman–Crippen LogP) is 1.22. The van der Waals surface area contributed by atoms with Gasteiger partial charge in [0.1, 0.15) is 5.25 Å². The first-order chi connectivity index (χ1) is 8.72. The fourth-order valence-corrected chi connectivity index (χ4v) is 2.10. The Labute approximate surface area is 116 Å². The lowest BCUT2D eigenvalue weighted by Crippen LogP contribution is -2.37. The van der Waals surface area contributed by atoms with E-state index >= 15 is 0 Å². The molecule has 0 saturated heterocycles. The molecule has 0 bridgehead atoms. The molecule has 0 heterocycles. The molecule has 0 fully saturated rings. The monoisotopic (exact) mass is 293 g/mol. The molecule has 0 rings (SSSR count). The summed E-state index contributed by atoms with van der Waals surface area (Å²) in [6, 6.07) is 0. The van der Waals surface area contributed by atoms with Crippen LogP contribution in [0.15, 0.2) is 0 Å². The number of hydrogen-bond acceptors (Lipinski definition) is 6. The molecule has 2 N–H and O–H groups in total. The van der Waals surface area contributed by atoms with Gasteiger partial charge in [-0.15, -0.1) is 11.8 Å². The molecule has 0 unspecified atom stereocenters. The molecule has 19 heavy (non-hydrogen) atoms. The Bertz CT molecular complexity index is 333. The average molecular weight is 293 g/mol. The van der Waals surface area contributed by atoms with Crippen LogP contribution in [0.3, 0.4) is 0 Å². The smallest absolute Gasteiger partial charge is 0.410 e. The Morgan fingerprint density at radius 1 is 1.21 bits per heavy atom. The van der Waals surface area contributed by atoms with Crippen molar-refractivity contribution >= 4 is 29.8 Å². The van der Waals surface area contributed by atoms with E-state index in [0.29, 0.717) is 0 Å². The van der Waals surface area contributed by atoms with Gasteiger partial charge in [0.15, 0.2) is 0 Å². The lowest BCUT2D eigenvalue weighted by atomic mass is 10.4. The van der Waals surface area contributed by atoms with Gasteiger partial charge in [0.25, 0.3) is 0 Å². The van der Waals surface area contributed by atoms with Crippen LogP contribution in [0.2, 0.25) is 0 Å². The zero-order valence-electron chi connectivity index (χ0n) is 11.3. The molecule has 0 aliphatic rings.